The molecule has 0 aliphatic rings. The van der Waals surface area contributed by atoms with E-state index in [1.807, 2.05) is 7.05 Å². The molecule has 0 saturated heterocycles. The van der Waals surface area contributed by atoms with Gasteiger partial charge in [0, 0.05) is 23.5 Å². The molecule has 0 bridgehead atoms. The second-order valence-corrected chi connectivity index (χ2v) is 4.18. The third-order valence-electron chi connectivity index (χ3n) is 2.92. The van der Waals surface area contributed by atoms with Gasteiger partial charge in [0.2, 0.25) is 0 Å². The highest BCUT2D eigenvalue weighted by atomic mass is 14.8. The number of aromatic amines is 1. The topological polar surface area (TPSA) is 27.8 Å². The molecule has 0 spiro atoms. The van der Waals surface area contributed by atoms with E-state index in [2.05, 4.69) is 54.5 Å². The minimum Gasteiger partial charge on any atom is -0.358 e. The molecule has 0 saturated carbocycles. The molecule has 0 amide bonds. The van der Waals surface area contributed by atoms with Gasteiger partial charge < -0.3 is 10.3 Å². The SMILES string of the molecule is CNCc1cc(-c2ccccc2C)[nH]c1C. The molecule has 2 heteroatoms. The molecule has 2 aromatic rings. The van der Waals surface area contributed by atoms with Crippen LogP contribution in [0, 0.1) is 13.8 Å². The summed E-state index contributed by atoms with van der Waals surface area (Å²) in [5, 5.41) is 3.18. The first kappa shape index (κ1) is 11.0. The Morgan fingerprint density at radius 1 is 1.19 bits per heavy atom. The number of aryl methyl sites for hydroxylation is 2. The Kier molecular flexibility index (Phi) is 3.11. The summed E-state index contributed by atoms with van der Waals surface area (Å²) >= 11 is 0. The number of aromatic nitrogens is 1. The van der Waals surface area contributed by atoms with E-state index < -0.39 is 0 Å². The summed E-state index contributed by atoms with van der Waals surface area (Å²) in [4.78, 5) is 3.45. The fraction of sp³-hybridized carbons (Fsp3) is 0.286. The Hall–Kier alpha value is -1.54. The summed E-state index contributed by atoms with van der Waals surface area (Å²) in [5.74, 6) is 0. The van der Waals surface area contributed by atoms with E-state index in [4.69, 9.17) is 0 Å². The van der Waals surface area contributed by atoms with Crippen molar-refractivity contribution in [3.05, 3.63) is 47.2 Å². The highest BCUT2D eigenvalue weighted by molar-refractivity contribution is 5.65. The average Bonchev–Trinajstić information content (AvgIpc) is 2.61. The molecule has 84 valence electrons. The zero-order chi connectivity index (χ0) is 11.5. The summed E-state index contributed by atoms with van der Waals surface area (Å²) in [6.45, 7) is 5.17. The summed E-state index contributed by atoms with van der Waals surface area (Å²) in [6, 6.07) is 10.7. The standard InChI is InChI=1S/C14H18N2/c1-10-6-4-5-7-13(10)14-8-12(9-15-3)11(2)16-14/h4-8,15-16H,9H2,1-3H3. The van der Waals surface area contributed by atoms with Gasteiger partial charge in [0.1, 0.15) is 0 Å². The van der Waals surface area contributed by atoms with Gasteiger partial charge in [-0.05, 0) is 38.1 Å². The van der Waals surface area contributed by atoms with Gasteiger partial charge >= 0.3 is 0 Å². The fourth-order valence-corrected chi connectivity index (χ4v) is 2.00. The first-order valence-electron chi connectivity index (χ1n) is 5.61. The predicted octanol–water partition coefficient (Wildman–Crippen LogP) is 3.02. The monoisotopic (exact) mass is 214 g/mol. The lowest BCUT2D eigenvalue weighted by molar-refractivity contribution is 0.812. The van der Waals surface area contributed by atoms with Crippen LogP contribution < -0.4 is 5.32 Å². The molecule has 0 aliphatic heterocycles. The molecule has 0 fully saturated rings. The highest BCUT2D eigenvalue weighted by Crippen LogP contribution is 2.24. The fourth-order valence-electron chi connectivity index (χ4n) is 2.00. The molecule has 0 aliphatic carbocycles. The van der Waals surface area contributed by atoms with Gasteiger partial charge in [-0.2, -0.15) is 0 Å². The van der Waals surface area contributed by atoms with Crippen molar-refractivity contribution < 1.29 is 0 Å². The van der Waals surface area contributed by atoms with Crippen LogP contribution >= 0.6 is 0 Å². The third-order valence-corrected chi connectivity index (χ3v) is 2.92. The Bertz CT molecular complexity index is 483. The molecule has 1 aromatic carbocycles. The lowest BCUT2D eigenvalue weighted by Crippen LogP contribution is -2.04. The average molecular weight is 214 g/mol. The van der Waals surface area contributed by atoms with Crippen LogP contribution in [0.25, 0.3) is 11.3 Å². The maximum absolute atomic E-state index is 3.45. The van der Waals surface area contributed by atoms with Crippen molar-refractivity contribution in [3.8, 4) is 11.3 Å². The van der Waals surface area contributed by atoms with E-state index in [-0.39, 0.29) is 0 Å². The molecule has 2 rings (SSSR count). The molecule has 16 heavy (non-hydrogen) atoms. The Balaban J connectivity index is 2.42. The van der Waals surface area contributed by atoms with Gasteiger partial charge in [0.15, 0.2) is 0 Å². The van der Waals surface area contributed by atoms with Crippen molar-refractivity contribution in [3.63, 3.8) is 0 Å². The lowest BCUT2D eigenvalue weighted by atomic mass is 10.1. The summed E-state index contributed by atoms with van der Waals surface area (Å²) in [7, 11) is 1.97. The van der Waals surface area contributed by atoms with Crippen LogP contribution in [0.1, 0.15) is 16.8 Å². The normalized spacial score (nSPS) is 10.7. The van der Waals surface area contributed by atoms with Gasteiger partial charge in [0.05, 0.1) is 0 Å². The molecule has 0 atom stereocenters. The summed E-state index contributed by atoms with van der Waals surface area (Å²) in [6.07, 6.45) is 0. The van der Waals surface area contributed by atoms with Crippen LogP contribution in [0.4, 0.5) is 0 Å². The Morgan fingerprint density at radius 3 is 2.62 bits per heavy atom. The Morgan fingerprint density at radius 2 is 1.94 bits per heavy atom. The maximum Gasteiger partial charge on any atom is 0.0462 e. The van der Waals surface area contributed by atoms with E-state index in [1.165, 1.54) is 28.1 Å². The summed E-state index contributed by atoms with van der Waals surface area (Å²) < 4.78 is 0. The van der Waals surface area contributed by atoms with E-state index in [0.29, 0.717) is 0 Å². The molecule has 2 nitrogen and oxygen atoms in total. The van der Waals surface area contributed by atoms with Crippen LogP contribution in [0.5, 0.6) is 0 Å². The second kappa shape index (κ2) is 4.54. The zero-order valence-electron chi connectivity index (χ0n) is 10.1. The van der Waals surface area contributed by atoms with Crippen LogP contribution in [0.15, 0.2) is 30.3 Å². The largest absolute Gasteiger partial charge is 0.358 e. The number of benzene rings is 1. The van der Waals surface area contributed by atoms with Crippen LogP contribution in [-0.2, 0) is 6.54 Å². The van der Waals surface area contributed by atoms with E-state index in [0.717, 1.165) is 6.54 Å². The van der Waals surface area contributed by atoms with Crippen molar-refractivity contribution in [1.82, 2.24) is 10.3 Å². The van der Waals surface area contributed by atoms with Gasteiger partial charge in [0.25, 0.3) is 0 Å². The molecule has 0 unspecified atom stereocenters. The van der Waals surface area contributed by atoms with Gasteiger partial charge in [-0.15, -0.1) is 0 Å². The van der Waals surface area contributed by atoms with Gasteiger partial charge in [-0.1, -0.05) is 24.3 Å². The first-order valence-corrected chi connectivity index (χ1v) is 5.61. The van der Waals surface area contributed by atoms with Crippen molar-refractivity contribution >= 4 is 0 Å². The molecule has 1 aromatic heterocycles. The second-order valence-electron chi connectivity index (χ2n) is 4.18. The zero-order valence-corrected chi connectivity index (χ0v) is 10.1. The van der Waals surface area contributed by atoms with E-state index >= 15 is 0 Å². The predicted molar refractivity (Wildman–Crippen MR) is 68.5 cm³/mol. The quantitative estimate of drug-likeness (QED) is 0.807. The van der Waals surface area contributed by atoms with Crippen LogP contribution in [0.3, 0.4) is 0 Å². The van der Waals surface area contributed by atoms with Crippen molar-refractivity contribution in [1.29, 1.82) is 0 Å². The number of rotatable bonds is 3. The summed E-state index contributed by atoms with van der Waals surface area (Å²) in [5.41, 5.74) is 6.38. The lowest BCUT2D eigenvalue weighted by Gasteiger charge is -2.01. The third kappa shape index (κ3) is 2.02. The number of nitrogens with one attached hydrogen (secondary N) is 2. The number of hydrogen-bond acceptors (Lipinski definition) is 1. The van der Waals surface area contributed by atoms with E-state index in [9.17, 15) is 0 Å². The minimum absolute atomic E-state index is 0.911. The smallest absolute Gasteiger partial charge is 0.0462 e. The molecular formula is C14H18N2. The minimum atomic E-state index is 0.911. The van der Waals surface area contributed by atoms with Crippen LogP contribution in [-0.4, -0.2) is 12.0 Å². The Labute approximate surface area is 96.7 Å². The highest BCUT2D eigenvalue weighted by Gasteiger charge is 2.07. The molecule has 2 N–H and O–H groups in total. The maximum atomic E-state index is 3.45. The van der Waals surface area contributed by atoms with Crippen molar-refractivity contribution in [2.24, 2.45) is 0 Å². The van der Waals surface area contributed by atoms with Crippen molar-refractivity contribution in [2.75, 3.05) is 7.05 Å². The van der Waals surface area contributed by atoms with Gasteiger partial charge in [-0.25, -0.2) is 0 Å². The number of H-pyrrole nitrogens is 1. The molecule has 1 heterocycles. The van der Waals surface area contributed by atoms with Gasteiger partial charge in [-0.3, -0.25) is 0 Å². The van der Waals surface area contributed by atoms with E-state index in [1.54, 1.807) is 0 Å². The molecular weight excluding hydrogens is 196 g/mol. The van der Waals surface area contributed by atoms with Crippen LogP contribution in [0.2, 0.25) is 0 Å². The van der Waals surface area contributed by atoms with Crippen molar-refractivity contribution in [2.45, 2.75) is 20.4 Å². The molecule has 0 radical (unpaired) electrons. The first-order chi connectivity index (χ1) is 7.72. The number of hydrogen-bond donors (Lipinski definition) is 2.